The summed E-state index contributed by atoms with van der Waals surface area (Å²) in [5, 5.41) is 12.3. The molecule has 0 aliphatic heterocycles. The van der Waals surface area contributed by atoms with Crippen LogP contribution in [-0.2, 0) is 0 Å². The highest BCUT2D eigenvalue weighted by atomic mass is 32.1. The standard InChI is InChI=1S/C14H18N2OS/c1-10-8-12(18-11(10)2)13(17)16-14(9-15)6-4-3-5-7-14/h8H,3-7H2,1-2H3,(H,16,17). The topological polar surface area (TPSA) is 52.9 Å². The summed E-state index contributed by atoms with van der Waals surface area (Å²) in [7, 11) is 0. The molecule has 4 heteroatoms. The largest absolute Gasteiger partial charge is 0.333 e. The SMILES string of the molecule is Cc1cc(C(=O)NC2(C#N)CCCCC2)sc1C. The summed E-state index contributed by atoms with van der Waals surface area (Å²) < 4.78 is 0. The molecule has 2 rings (SSSR count). The molecule has 0 radical (unpaired) electrons. The lowest BCUT2D eigenvalue weighted by molar-refractivity contribution is 0.0907. The molecule has 1 fully saturated rings. The summed E-state index contributed by atoms with van der Waals surface area (Å²) in [6.45, 7) is 4.01. The van der Waals surface area contributed by atoms with Gasteiger partial charge in [-0.2, -0.15) is 5.26 Å². The van der Waals surface area contributed by atoms with Crippen LogP contribution in [0.1, 0.15) is 52.2 Å². The van der Waals surface area contributed by atoms with Crippen LogP contribution in [-0.4, -0.2) is 11.4 Å². The van der Waals surface area contributed by atoms with Crippen LogP contribution in [0, 0.1) is 25.2 Å². The summed E-state index contributed by atoms with van der Waals surface area (Å²) in [6, 6.07) is 4.22. The van der Waals surface area contributed by atoms with E-state index in [1.165, 1.54) is 11.3 Å². The van der Waals surface area contributed by atoms with Crippen LogP contribution in [0.3, 0.4) is 0 Å². The fraction of sp³-hybridized carbons (Fsp3) is 0.571. The van der Waals surface area contributed by atoms with Gasteiger partial charge in [-0.05, 0) is 38.3 Å². The van der Waals surface area contributed by atoms with Gasteiger partial charge in [0.2, 0.25) is 0 Å². The van der Waals surface area contributed by atoms with Gasteiger partial charge in [-0.15, -0.1) is 11.3 Å². The minimum atomic E-state index is -0.638. The van der Waals surface area contributed by atoms with Crippen LogP contribution in [0.2, 0.25) is 0 Å². The molecule has 0 bridgehead atoms. The monoisotopic (exact) mass is 262 g/mol. The molecular formula is C14H18N2OS. The van der Waals surface area contributed by atoms with E-state index in [-0.39, 0.29) is 5.91 Å². The third kappa shape index (κ3) is 2.56. The van der Waals surface area contributed by atoms with Crippen molar-refractivity contribution in [1.82, 2.24) is 5.32 Å². The van der Waals surface area contributed by atoms with Gasteiger partial charge in [0.15, 0.2) is 0 Å². The molecule has 0 aromatic carbocycles. The first-order chi connectivity index (χ1) is 8.56. The number of carbonyl (C=O) groups is 1. The van der Waals surface area contributed by atoms with Gasteiger partial charge < -0.3 is 5.32 Å². The van der Waals surface area contributed by atoms with Crippen molar-refractivity contribution in [3.63, 3.8) is 0 Å². The summed E-state index contributed by atoms with van der Waals surface area (Å²) in [5.41, 5.74) is 0.501. The van der Waals surface area contributed by atoms with Gasteiger partial charge >= 0.3 is 0 Å². The Labute approximate surface area is 112 Å². The molecule has 0 spiro atoms. The van der Waals surface area contributed by atoms with E-state index in [1.54, 1.807) is 0 Å². The van der Waals surface area contributed by atoms with Crippen LogP contribution in [0.15, 0.2) is 6.07 Å². The Morgan fingerprint density at radius 2 is 2.06 bits per heavy atom. The highest BCUT2D eigenvalue weighted by Crippen LogP contribution is 2.29. The molecule has 1 heterocycles. The number of amides is 1. The number of nitrogens with zero attached hydrogens (tertiary/aromatic N) is 1. The molecule has 1 aromatic heterocycles. The van der Waals surface area contributed by atoms with Crippen LogP contribution < -0.4 is 5.32 Å². The van der Waals surface area contributed by atoms with Gasteiger partial charge in [0.25, 0.3) is 5.91 Å². The van der Waals surface area contributed by atoms with Crippen molar-refractivity contribution >= 4 is 17.2 Å². The van der Waals surface area contributed by atoms with Crippen molar-refractivity contribution in [1.29, 1.82) is 5.26 Å². The van der Waals surface area contributed by atoms with Crippen molar-refractivity contribution in [2.75, 3.05) is 0 Å². The second kappa shape index (κ2) is 5.11. The maximum Gasteiger partial charge on any atom is 0.262 e. The number of rotatable bonds is 2. The summed E-state index contributed by atoms with van der Waals surface area (Å²) in [6.07, 6.45) is 4.76. The quantitative estimate of drug-likeness (QED) is 0.889. The molecule has 18 heavy (non-hydrogen) atoms. The number of thiophene rings is 1. The minimum absolute atomic E-state index is 0.0975. The van der Waals surface area contributed by atoms with E-state index in [0.29, 0.717) is 4.88 Å². The van der Waals surface area contributed by atoms with Crippen molar-refractivity contribution in [3.05, 3.63) is 21.4 Å². The van der Waals surface area contributed by atoms with Crippen LogP contribution in [0.5, 0.6) is 0 Å². The number of carbonyl (C=O) groups excluding carboxylic acids is 1. The number of hydrogen-bond donors (Lipinski definition) is 1. The van der Waals surface area contributed by atoms with Crippen molar-refractivity contribution < 1.29 is 4.79 Å². The molecule has 0 unspecified atom stereocenters. The highest BCUT2D eigenvalue weighted by molar-refractivity contribution is 7.14. The maximum absolute atomic E-state index is 12.2. The lowest BCUT2D eigenvalue weighted by Gasteiger charge is -2.31. The Kier molecular flexibility index (Phi) is 3.72. The predicted molar refractivity (Wildman–Crippen MR) is 72.7 cm³/mol. The van der Waals surface area contributed by atoms with Gasteiger partial charge in [-0.25, -0.2) is 0 Å². The summed E-state index contributed by atoms with van der Waals surface area (Å²) in [5.74, 6) is -0.0975. The van der Waals surface area contributed by atoms with E-state index >= 15 is 0 Å². The lowest BCUT2D eigenvalue weighted by atomic mass is 9.83. The van der Waals surface area contributed by atoms with E-state index in [0.717, 1.165) is 42.5 Å². The van der Waals surface area contributed by atoms with E-state index in [4.69, 9.17) is 0 Å². The van der Waals surface area contributed by atoms with Crippen molar-refractivity contribution in [2.45, 2.75) is 51.5 Å². The Morgan fingerprint density at radius 1 is 1.39 bits per heavy atom. The van der Waals surface area contributed by atoms with Crippen LogP contribution in [0.25, 0.3) is 0 Å². The Morgan fingerprint density at radius 3 is 2.56 bits per heavy atom. The smallest absolute Gasteiger partial charge is 0.262 e. The minimum Gasteiger partial charge on any atom is -0.333 e. The molecule has 1 aliphatic carbocycles. The average molecular weight is 262 g/mol. The van der Waals surface area contributed by atoms with Crippen molar-refractivity contribution in [3.8, 4) is 6.07 Å². The van der Waals surface area contributed by atoms with Gasteiger partial charge in [-0.3, -0.25) is 4.79 Å². The highest BCUT2D eigenvalue weighted by Gasteiger charge is 2.34. The number of nitrogens with one attached hydrogen (secondary N) is 1. The zero-order chi connectivity index (χ0) is 13.2. The lowest BCUT2D eigenvalue weighted by Crippen LogP contribution is -2.48. The summed E-state index contributed by atoms with van der Waals surface area (Å²) in [4.78, 5) is 14.1. The van der Waals surface area contributed by atoms with E-state index < -0.39 is 5.54 Å². The van der Waals surface area contributed by atoms with E-state index in [1.807, 2.05) is 19.9 Å². The third-order valence-electron chi connectivity index (χ3n) is 3.66. The normalized spacial score (nSPS) is 18.1. The molecule has 96 valence electrons. The Bertz CT molecular complexity index is 473. The number of aryl methyl sites for hydroxylation is 2. The second-order valence-corrected chi connectivity index (χ2v) is 6.31. The Balaban J connectivity index is 2.13. The van der Waals surface area contributed by atoms with Crippen LogP contribution in [0.4, 0.5) is 0 Å². The first kappa shape index (κ1) is 13.1. The van der Waals surface area contributed by atoms with E-state index in [2.05, 4.69) is 11.4 Å². The number of hydrogen-bond acceptors (Lipinski definition) is 3. The first-order valence-electron chi connectivity index (χ1n) is 6.37. The van der Waals surface area contributed by atoms with Gasteiger partial charge in [0.05, 0.1) is 10.9 Å². The fourth-order valence-electron chi connectivity index (χ4n) is 2.38. The molecule has 0 atom stereocenters. The molecule has 0 saturated heterocycles. The average Bonchev–Trinajstić information content (AvgIpc) is 2.71. The van der Waals surface area contributed by atoms with E-state index in [9.17, 15) is 10.1 Å². The third-order valence-corrected chi connectivity index (χ3v) is 4.82. The van der Waals surface area contributed by atoms with Gasteiger partial charge in [0.1, 0.15) is 5.54 Å². The number of nitriles is 1. The fourth-order valence-corrected chi connectivity index (χ4v) is 3.31. The van der Waals surface area contributed by atoms with Gasteiger partial charge in [0, 0.05) is 4.88 Å². The zero-order valence-electron chi connectivity index (χ0n) is 10.9. The molecule has 1 aliphatic rings. The second-order valence-electron chi connectivity index (χ2n) is 5.06. The molecular weight excluding hydrogens is 244 g/mol. The molecule has 1 N–H and O–H groups in total. The predicted octanol–water partition coefficient (Wildman–Crippen LogP) is 3.32. The zero-order valence-corrected chi connectivity index (χ0v) is 11.7. The van der Waals surface area contributed by atoms with Crippen molar-refractivity contribution in [2.24, 2.45) is 0 Å². The first-order valence-corrected chi connectivity index (χ1v) is 7.19. The van der Waals surface area contributed by atoms with Gasteiger partial charge in [-0.1, -0.05) is 19.3 Å². The Hall–Kier alpha value is -1.34. The molecule has 1 aromatic rings. The summed E-state index contributed by atoms with van der Waals surface area (Å²) >= 11 is 1.50. The molecule has 1 amide bonds. The molecule has 3 nitrogen and oxygen atoms in total. The maximum atomic E-state index is 12.2. The molecule has 1 saturated carbocycles. The van der Waals surface area contributed by atoms with Crippen LogP contribution >= 0.6 is 11.3 Å².